The van der Waals surface area contributed by atoms with Gasteiger partial charge in [0.1, 0.15) is 11.3 Å². The molecule has 4 heteroatoms. The van der Waals surface area contributed by atoms with Crippen LogP contribution in [-0.2, 0) is 13.6 Å². The average molecular weight is 269 g/mol. The molecule has 2 aromatic heterocycles. The van der Waals surface area contributed by atoms with Crippen LogP contribution in [0.25, 0.3) is 11.0 Å². The molecule has 0 bridgehead atoms. The highest BCUT2D eigenvalue weighted by atomic mass is 16.3. The van der Waals surface area contributed by atoms with Crippen LogP contribution in [0.2, 0.25) is 0 Å². The highest BCUT2D eigenvalue weighted by Crippen LogP contribution is 2.20. The summed E-state index contributed by atoms with van der Waals surface area (Å²) in [5.74, 6) is 0.958. The summed E-state index contributed by atoms with van der Waals surface area (Å²) < 4.78 is 7.70. The summed E-state index contributed by atoms with van der Waals surface area (Å²) >= 11 is 0. The van der Waals surface area contributed by atoms with E-state index in [0.717, 1.165) is 16.7 Å². The predicted octanol–water partition coefficient (Wildman–Crippen LogP) is 3.33. The second-order valence-corrected chi connectivity index (χ2v) is 5.16. The predicted molar refractivity (Wildman–Crippen MR) is 79.4 cm³/mol. The molecule has 0 radical (unpaired) electrons. The van der Waals surface area contributed by atoms with Gasteiger partial charge in [-0.2, -0.15) is 5.10 Å². The number of benzene rings is 1. The Morgan fingerprint density at radius 1 is 1.35 bits per heavy atom. The van der Waals surface area contributed by atoms with Crippen molar-refractivity contribution < 1.29 is 4.42 Å². The minimum Gasteiger partial charge on any atom is -0.460 e. The second-order valence-electron chi connectivity index (χ2n) is 5.16. The molecule has 0 saturated carbocycles. The molecule has 4 nitrogen and oxygen atoms in total. The van der Waals surface area contributed by atoms with Gasteiger partial charge in [-0.15, -0.1) is 0 Å². The van der Waals surface area contributed by atoms with Crippen LogP contribution in [0.1, 0.15) is 30.0 Å². The van der Waals surface area contributed by atoms with E-state index in [1.54, 1.807) is 0 Å². The smallest absolute Gasteiger partial charge is 0.134 e. The molecule has 0 fully saturated rings. The number of furan rings is 1. The van der Waals surface area contributed by atoms with Crippen molar-refractivity contribution in [3.05, 3.63) is 53.5 Å². The van der Waals surface area contributed by atoms with E-state index in [0.29, 0.717) is 6.54 Å². The van der Waals surface area contributed by atoms with Gasteiger partial charge < -0.3 is 9.73 Å². The molecule has 0 aliphatic heterocycles. The number of fused-ring (bicyclic) bond motifs is 1. The molecular formula is C16H19N3O. The van der Waals surface area contributed by atoms with Crippen molar-refractivity contribution in [2.45, 2.75) is 26.4 Å². The zero-order chi connectivity index (χ0) is 14.1. The Morgan fingerprint density at radius 3 is 2.85 bits per heavy atom. The van der Waals surface area contributed by atoms with Gasteiger partial charge in [-0.1, -0.05) is 18.2 Å². The van der Waals surface area contributed by atoms with Crippen molar-refractivity contribution in [2.24, 2.45) is 7.05 Å². The van der Waals surface area contributed by atoms with Crippen LogP contribution in [0.3, 0.4) is 0 Å². The third-order valence-electron chi connectivity index (χ3n) is 3.80. The van der Waals surface area contributed by atoms with Crippen molar-refractivity contribution in [3.63, 3.8) is 0 Å². The topological polar surface area (TPSA) is 43.0 Å². The van der Waals surface area contributed by atoms with Crippen molar-refractivity contribution in [3.8, 4) is 0 Å². The largest absolute Gasteiger partial charge is 0.460 e. The summed E-state index contributed by atoms with van der Waals surface area (Å²) in [7, 11) is 1.96. The molecule has 1 unspecified atom stereocenters. The van der Waals surface area contributed by atoms with Crippen molar-refractivity contribution in [2.75, 3.05) is 0 Å². The van der Waals surface area contributed by atoms with Gasteiger partial charge in [-0.05, 0) is 26.0 Å². The molecule has 0 saturated heterocycles. The summed E-state index contributed by atoms with van der Waals surface area (Å²) in [6, 6.07) is 10.4. The van der Waals surface area contributed by atoms with Gasteiger partial charge in [0.15, 0.2) is 0 Å². The van der Waals surface area contributed by atoms with Gasteiger partial charge in [0.25, 0.3) is 0 Å². The Balaban J connectivity index is 1.71. The zero-order valence-electron chi connectivity index (χ0n) is 12.1. The number of hydrogen-bond acceptors (Lipinski definition) is 3. The van der Waals surface area contributed by atoms with E-state index in [9.17, 15) is 0 Å². The lowest BCUT2D eigenvalue weighted by molar-refractivity contribution is 0.481. The average Bonchev–Trinajstić information content (AvgIpc) is 3.00. The molecule has 0 amide bonds. The fraction of sp³-hybridized carbons (Fsp3) is 0.312. The van der Waals surface area contributed by atoms with E-state index in [4.69, 9.17) is 4.42 Å². The lowest BCUT2D eigenvalue weighted by Crippen LogP contribution is -2.18. The van der Waals surface area contributed by atoms with E-state index < -0.39 is 0 Å². The minimum absolute atomic E-state index is 0.247. The molecule has 2 heterocycles. The lowest BCUT2D eigenvalue weighted by Gasteiger charge is -2.12. The fourth-order valence-electron chi connectivity index (χ4n) is 2.43. The summed E-state index contributed by atoms with van der Waals surface area (Å²) in [6.45, 7) is 4.94. The maximum Gasteiger partial charge on any atom is 0.134 e. The standard InChI is InChI=1S/C16H19N3O/c1-11(15-10-18-19(3)12(15)2)17-9-14-8-13-6-4-5-7-16(13)20-14/h4-8,10-11,17H,9H2,1-3H3. The zero-order valence-corrected chi connectivity index (χ0v) is 12.1. The Morgan fingerprint density at radius 2 is 2.15 bits per heavy atom. The Kier molecular flexibility index (Phi) is 3.32. The van der Waals surface area contributed by atoms with Crippen LogP contribution in [-0.4, -0.2) is 9.78 Å². The highest BCUT2D eigenvalue weighted by molar-refractivity contribution is 5.77. The third kappa shape index (κ3) is 2.34. The second kappa shape index (κ2) is 5.13. The summed E-state index contributed by atoms with van der Waals surface area (Å²) in [5, 5.41) is 8.91. The number of aromatic nitrogens is 2. The molecule has 1 atom stereocenters. The molecule has 3 rings (SSSR count). The van der Waals surface area contributed by atoms with Gasteiger partial charge in [-0.3, -0.25) is 4.68 Å². The van der Waals surface area contributed by atoms with Crippen molar-refractivity contribution in [1.82, 2.24) is 15.1 Å². The molecule has 1 aromatic carbocycles. The van der Waals surface area contributed by atoms with Crippen LogP contribution in [0.15, 0.2) is 40.9 Å². The van der Waals surface area contributed by atoms with Gasteiger partial charge in [0.05, 0.1) is 12.7 Å². The first-order valence-electron chi connectivity index (χ1n) is 6.84. The van der Waals surface area contributed by atoms with Gasteiger partial charge in [-0.25, -0.2) is 0 Å². The number of aryl methyl sites for hydroxylation is 1. The van der Waals surface area contributed by atoms with Crippen molar-refractivity contribution in [1.29, 1.82) is 0 Å². The summed E-state index contributed by atoms with van der Waals surface area (Å²) in [5.41, 5.74) is 3.35. The maximum atomic E-state index is 5.81. The van der Waals surface area contributed by atoms with Crippen LogP contribution in [0.5, 0.6) is 0 Å². The summed E-state index contributed by atoms with van der Waals surface area (Å²) in [4.78, 5) is 0. The first kappa shape index (κ1) is 12.9. The van der Waals surface area contributed by atoms with E-state index >= 15 is 0 Å². The molecule has 0 aliphatic carbocycles. The van der Waals surface area contributed by atoms with E-state index in [1.165, 1.54) is 11.3 Å². The van der Waals surface area contributed by atoms with Gasteiger partial charge >= 0.3 is 0 Å². The Labute approximate surface area is 118 Å². The van der Waals surface area contributed by atoms with E-state index in [2.05, 4.69) is 36.4 Å². The number of para-hydroxylation sites is 1. The Hall–Kier alpha value is -2.07. The molecule has 3 aromatic rings. The third-order valence-corrected chi connectivity index (χ3v) is 3.80. The maximum absolute atomic E-state index is 5.81. The van der Waals surface area contributed by atoms with E-state index in [1.807, 2.05) is 36.1 Å². The van der Waals surface area contributed by atoms with Crippen LogP contribution < -0.4 is 5.32 Å². The number of nitrogens with zero attached hydrogens (tertiary/aromatic N) is 2. The highest BCUT2D eigenvalue weighted by Gasteiger charge is 2.12. The van der Waals surface area contributed by atoms with Crippen molar-refractivity contribution >= 4 is 11.0 Å². The van der Waals surface area contributed by atoms with Gasteiger partial charge in [0.2, 0.25) is 0 Å². The summed E-state index contributed by atoms with van der Waals surface area (Å²) in [6.07, 6.45) is 1.92. The van der Waals surface area contributed by atoms with Crippen LogP contribution in [0, 0.1) is 6.92 Å². The molecule has 0 spiro atoms. The number of hydrogen-bond donors (Lipinski definition) is 1. The number of rotatable bonds is 4. The monoisotopic (exact) mass is 269 g/mol. The molecule has 20 heavy (non-hydrogen) atoms. The molecule has 0 aliphatic rings. The molecular weight excluding hydrogens is 250 g/mol. The minimum atomic E-state index is 0.247. The van der Waals surface area contributed by atoms with E-state index in [-0.39, 0.29) is 6.04 Å². The Bertz CT molecular complexity index is 693. The van der Waals surface area contributed by atoms with Gasteiger partial charge in [0, 0.05) is 29.7 Å². The first-order valence-corrected chi connectivity index (χ1v) is 6.84. The lowest BCUT2D eigenvalue weighted by atomic mass is 10.1. The first-order chi connectivity index (χ1) is 9.65. The molecule has 104 valence electrons. The number of nitrogens with one attached hydrogen (secondary N) is 1. The van der Waals surface area contributed by atoms with Crippen LogP contribution >= 0.6 is 0 Å². The molecule has 1 N–H and O–H groups in total. The fourth-order valence-corrected chi connectivity index (χ4v) is 2.43. The SMILES string of the molecule is Cc1c(C(C)NCc2cc3ccccc3o2)cnn1C. The van der Waals surface area contributed by atoms with Crippen LogP contribution in [0.4, 0.5) is 0 Å². The normalized spacial score (nSPS) is 12.9. The quantitative estimate of drug-likeness (QED) is 0.790.